The van der Waals surface area contributed by atoms with Gasteiger partial charge in [0.1, 0.15) is 28.7 Å². The Balaban J connectivity index is 1.71. The number of carbonyl (C=O) groups is 1. The molecule has 1 aliphatic rings. The van der Waals surface area contributed by atoms with Gasteiger partial charge >= 0.3 is 0 Å². The minimum atomic E-state index is -0.711. The maximum Gasteiger partial charge on any atom is 0.273 e. The summed E-state index contributed by atoms with van der Waals surface area (Å²) in [6, 6.07) is 15.9. The zero-order valence-corrected chi connectivity index (χ0v) is 15.2. The van der Waals surface area contributed by atoms with E-state index in [0.717, 1.165) is 0 Å². The predicted octanol–water partition coefficient (Wildman–Crippen LogP) is 4.26. The van der Waals surface area contributed by atoms with Crippen molar-refractivity contribution >= 4 is 5.91 Å². The van der Waals surface area contributed by atoms with E-state index in [-0.39, 0.29) is 23.9 Å². The van der Waals surface area contributed by atoms with Crippen LogP contribution in [0.3, 0.4) is 0 Å². The van der Waals surface area contributed by atoms with Gasteiger partial charge in [0, 0.05) is 16.7 Å². The Morgan fingerprint density at radius 1 is 1.10 bits per heavy atom. The average molecular weight is 389 g/mol. The van der Waals surface area contributed by atoms with Crippen LogP contribution in [0.25, 0.3) is 11.3 Å². The van der Waals surface area contributed by atoms with E-state index in [1.807, 2.05) is 0 Å². The summed E-state index contributed by atoms with van der Waals surface area (Å²) in [5.41, 5.74) is 2.06. The van der Waals surface area contributed by atoms with Gasteiger partial charge in [-0.05, 0) is 30.3 Å². The van der Waals surface area contributed by atoms with Crippen LogP contribution >= 0.6 is 0 Å². The Hall–Kier alpha value is -3.87. The molecular weight excluding hydrogens is 373 g/mol. The standard InChI is InChI=1S/C22H16FN3O3/c23-16-9-3-1-7-14(16)21-18-19(15-8-2-4-10-17(15)27)24-25-20(18)22(28)26(21)12-13-6-5-11-29-13/h1-11,21,27H,12H2,(H,24,25). The molecule has 0 spiro atoms. The van der Waals surface area contributed by atoms with E-state index < -0.39 is 11.9 Å². The number of nitrogens with one attached hydrogen (secondary N) is 1. The number of aromatic hydroxyl groups is 1. The van der Waals surface area contributed by atoms with Crippen LogP contribution in [0.15, 0.2) is 71.3 Å². The van der Waals surface area contributed by atoms with Crippen molar-refractivity contribution in [3.63, 3.8) is 0 Å². The molecule has 1 amide bonds. The molecule has 0 radical (unpaired) electrons. The van der Waals surface area contributed by atoms with E-state index in [0.29, 0.717) is 28.1 Å². The first-order valence-corrected chi connectivity index (χ1v) is 9.09. The summed E-state index contributed by atoms with van der Waals surface area (Å²) in [5.74, 6) is -0.112. The first-order valence-electron chi connectivity index (χ1n) is 9.09. The molecular formula is C22H16FN3O3. The third-order valence-corrected chi connectivity index (χ3v) is 5.13. The second kappa shape index (κ2) is 6.63. The number of nitrogens with zero attached hydrogens (tertiary/aromatic N) is 2. The molecule has 7 heteroatoms. The lowest BCUT2D eigenvalue weighted by Gasteiger charge is -2.26. The number of furan rings is 1. The largest absolute Gasteiger partial charge is 0.507 e. The van der Waals surface area contributed by atoms with E-state index in [4.69, 9.17) is 4.42 Å². The van der Waals surface area contributed by atoms with Crippen LogP contribution in [0, 0.1) is 5.82 Å². The number of phenolic OH excluding ortho intramolecular Hbond substituents is 1. The zero-order chi connectivity index (χ0) is 20.0. The Morgan fingerprint density at radius 2 is 1.90 bits per heavy atom. The van der Waals surface area contributed by atoms with Crippen molar-refractivity contribution in [2.45, 2.75) is 12.6 Å². The summed E-state index contributed by atoms with van der Waals surface area (Å²) in [5, 5.41) is 17.4. The number of halogens is 1. The van der Waals surface area contributed by atoms with Gasteiger partial charge in [-0.25, -0.2) is 4.39 Å². The lowest BCUT2D eigenvalue weighted by molar-refractivity contribution is 0.0715. The van der Waals surface area contributed by atoms with Crippen molar-refractivity contribution in [2.75, 3.05) is 0 Å². The van der Waals surface area contributed by atoms with E-state index in [2.05, 4.69) is 10.2 Å². The van der Waals surface area contributed by atoms with Crippen LogP contribution in [0.2, 0.25) is 0 Å². The molecule has 1 atom stereocenters. The van der Waals surface area contributed by atoms with Gasteiger partial charge in [0.25, 0.3) is 5.91 Å². The molecule has 5 rings (SSSR count). The summed E-state index contributed by atoms with van der Waals surface area (Å²) >= 11 is 0. The van der Waals surface area contributed by atoms with Crippen LogP contribution < -0.4 is 0 Å². The van der Waals surface area contributed by atoms with Crippen LogP contribution in [0.4, 0.5) is 4.39 Å². The number of H-pyrrole nitrogens is 1. The van der Waals surface area contributed by atoms with Crippen molar-refractivity contribution in [3.05, 3.63) is 95.3 Å². The van der Waals surface area contributed by atoms with E-state index in [1.54, 1.807) is 59.5 Å². The lowest BCUT2D eigenvalue weighted by Crippen LogP contribution is -2.29. The van der Waals surface area contributed by atoms with Gasteiger partial charge in [-0.15, -0.1) is 0 Å². The number of benzene rings is 2. The number of para-hydroxylation sites is 1. The number of amides is 1. The highest BCUT2D eigenvalue weighted by Gasteiger charge is 2.43. The third kappa shape index (κ3) is 2.70. The smallest absolute Gasteiger partial charge is 0.273 e. The molecule has 144 valence electrons. The molecule has 2 aromatic carbocycles. The second-order valence-electron chi connectivity index (χ2n) is 6.81. The summed E-state index contributed by atoms with van der Waals surface area (Å²) < 4.78 is 20.2. The summed E-state index contributed by atoms with van der Waals surface area (Å²) in [6.45, 7) is 0.174. The molecule has 0 saturated heterocycles. The van der Waals surface area contributed by atoms with Crippen LogP contribution in [0.5, 0.6) is 5.75 Å². The van der Waals surface area contributed by atoms with Crippen molar-refractivity contribution < 1.29 is 18.7 Å². The Labute approximate surface area is 165 Å². The lowest BCUT2D eigenvalue weighted by atomic mass is 9.95. The van der Waals surface area contributed by atoms with Crippen molar-refractivity contribution in [1.29, 1.82) is 0 Å². The highest BCUT2D eigenvalue weighted by Crippen LogP contribution is 2.45. The number of aromatic amines is 1. The first-order chi connectivity index (χ1) is 14.1. The summed E-state index contributed by atoms with van der Waals surface area (Å²) in [4.78, 5) is 14.7. The van der Waals surface area contributed by atoms with Crippen LogP contribution in [-0.4, -0.2) is 26.1 Å². The Kier molecular flexibility index (Phi) is 3.94. The minimum absolute atomic E-state index is 0.0333. The van der Waals surface area contributed by atoms with Crippen molar-refractivity contribution in [3.8, 4) is 17.0 Å². The van der Waals surface area contributed by atoms with Crippen LogP contribution in [-0.2, 0) is 6.54 Å². The first kappa shape index (κ1) is 17.2. The number of rotatable bonds is 4. The highest BCUT2D eigenvalue weighted by molar-refractivity contribution is 6.00. The van der Waals surface area contributed by atoms with Gasteiger partial charge in [0.2, 0.25) is 0 Å². The van der Waals surface area contributed by atoms with Gasteiger partial charge in [0.05, 0.1) is 18.8 Å². The van der Waals surface area contributed by atoms with Gasteiger partial charge in [-0.1, -0.05) is 30.3 Å². The molecule has 0 bridgehead atoms. The average Bonchev–Trinajstić information content (AvgIpc) is 3.43. The Bertz CT molecular complexity index is 1200. The van der Waals surface area contributed by atoms with E-state index in [1.165, 1.54) is 12.3 Å². The van der Waals surface area contributed by atoms with Crippen molar-refractivity contribution in [2.24, 2.45) is 0 Å². The minimum Gasteiger partial charge on any atom is -0.507 e. The number of phenols is 1. The maximum atomic E-state index is 14.8. The van der Waals surface area contributed by atoms with E-state index in [9.17, 15) is 14.3 Å². The van der Waals surface area contributed by atoms with Gasteiger partial charge < -0.3 is 14.4 Å². The van der Waals surface area contributed by atoms with E-state index >= 15 is 0 Å². The predicted molar refractivity (Wildman–Crippen MR) is 103 cm³/mol. The molecule has 0 saturated carbocycles. The van der Waals surface area contributed by atoms with Gasteiger partial charge in [-0.3, -0.25) is 9.89 Å². The van der Waals surface area contributed by atoms with Gasteiger partial charge in [-0.2, -0.15) is 5.10 Å². The molecule has 29 heavy (non-hydrogen) atoms. The van der Waals surface area contributed by atoms with Crippen molar-refractivity contribution in [1.82, 2.24) is 15.1 Å². The fraction of sp³-hybridized carbons (Fsp3) is 0.0909. The number of hydrogen-bond donors (Lipinski definition) is 2. The molecule has 2 aromatic heterocycles. The maximum absolute atomic E-state index is 14.8. The molecule has 4 aromatic rings. The molecule has 2 N–H and O–H groups in total. The third-order valence-electron chi connectivity index (χ3n) is 5.13. The SMILES string of the molecule is O=C1c2[nH]nc(-c3ccccc3O)c2C(c2ccccc2F)N1Cc1ccco1. The summed E-state index contributed by atoms with van der Waals surface area (Å²) in [7, 11) is 0. The molecule has 1 unspecified atom stereocenters. The molecule has 6 nitrogen and oxygen atoms in total. The number of carbonyl (C=O) groups excluding carboxylic acids is 1. The second-order valence-corrected chi connectivity index (χ2v) is 6.81. The zero-order valence-electron chi connectivity index (χ0n) is 15.2. The fourth-order valence-electron chi connectivity index (χ4n) is 3.83. The molecule has 0 fully saturated rings. The normalized spacial score (nSPS) is 15.7. The quantitative estimate of drug-likeness (QED) is 0.546. The molecule has 3 heterocycles. The topological polar surface area (TPSA) is 82.4 Å². The molecule has 0 aliphatic carbocycles. The monoisotopic (exact) mass is 389 g/mol. The Morgan fingerprint density at radius 3 is 2.66 bits per heavy atom. The van der Waals surface area contributed by atoms with Gasteiger partial charge in [0.15, 0.2) is 0 Å². The highest BCUT2D eigenvalue weighted by atomic mass is 19.1. The number of fused-ring (bicyclic) bond motifs is 1. The summed E-state index contributed by atoms with van der Waals surface area (Å²) in [6.07, 6.45) is 1.53. The number of aromatic nitrogens is 2. The fourth-order valence-corrected chi connectivity index (χ4v) is 3.83. The molecule has 1 aliphatic heterocycles. The van der Waals surface area contributed by atoms with Crippen LogP contribution in [0.1, 0.15) is 33.4 Å². The number of hydrogen-bond acceptors (Lipinski definition) is 4.